The maximum atomic E-state index is 12.1. The van der Waals surface area contributed by atoms with Gasteiger partial charge in [0.2, 0.25) is 5.91 Å². The number of amides is 2. The number of rotatable bonds is 5. The highest BCUT2D eigenvalue weighted by atomic mass is 16.6. The van der Waals surface area contributed by atoms with Gasteiger partial charge in [-0.05, 0) is 36.8 Å². The number of anilines is 1. The Hall–Kier alpha value is -3.42. The van der Waals surface area contributed by atoms with Gasteiger partial charge in [0.05, 0.1) is 11.4 Å². The first kappa shape index (κ1) is 18.4. The molecule has 0 spiro atoms. The molecule has 140 valence electrons. The second-order valence-corrected chi connectivity index (χ2v) is 6.15. The fraction of sp³-hybridized carbons (Fsp3) is 0.263. The van der Waals surface area contributed by atoms with Crippen LogP contribution in [0.5, 0.6) is 11.5 Å². The summed E-state index contributed by atoms with van der Waals surface area (Å²) >= 11 is 0. The Labute approximate surface area is 156 Å². The van der Waals surface area contributed by atoms with Crippen molar-refractivity contribution in [2.75, 3.05) is 5.32 Å². The van der Waals surface area contributed by atoms with Crippen molar-refractivity contribution < 1.29 is 19.4 Å². The minimum absolute atomic E-state index is 0.00934. The molecule has 2 aromatic rings. The van der Waals surface area contributed by atoms with Crippen molar-refractivity contribution >= 4 is 23.4 Å². The molecule has 0 saturated heterocycles. The van der Waals surface area contributed by atoms with Crippen molar-refractivity contribution in [3.05, 3.63) is 48.3 Å². The second kappa shape index (κ2) is 8.31. The van der Waals surface area contributed by atoms with Gasteiger partial charge in [0, 0.05) is 30.3 Å². The van der Waals surface area contributed by atoms with Crippen LogP contribution in [0.4, 0.5) is 10.5 Å². The quantitative estimate of drug-likeness (QED) is 0.702. The van der Waals surface area contributed by atoms with Crippen LogP contribution in [-0.2, 0) is 4.79 Å². The van der Waals surface area contributed by atoms with E-state index in [1.54, 1.807) is 24.3 Å². The number of hydrogen-bond donors (Lipinski definition) is 3. The summed E-state index contributed by atoms with van der Waals surface area (Å²) < 4.78 is 5.14. The van der Waals surface area contributed by atoms with E-state index in [1.165, 1.54) is 18.5 Å². The van der Waals surface area contributed by atoms with Crippen molar-refractivity contribution in [2.45, 2.75) is 26.2 Å². The maximum absolute atomic E-state index is 12.1. The zero-order valence-corrected chi connectivity index (χ0v) is 14.8. The average molecular weight is 368 g/mol. The van der Waals surface area contributed by atoms with E-state index in [4.69, 9.17) is 4.74 Å². The third-order valence-electron chi connectivity index (χ3n) is 4.15. The molecule has 0 aliphatic carbocycles. The first-order valence-electron chi connectivity index (χ1n) is 8.65. The van der Waals surface area contributed by atoms with Crippen LogP contribution in [0.2, 0.25) is 0 Å². The van der Waals surface area contributed by atoms with E-state index >= 15 is 0 Å². The zero-order valence-electron chi connectivity index (χ0n) is 14.8. The number of nitrogens with zero attached hydrogens (tertiary/aromatic N) is 2. The Morgan fingerprint density at radius 2 is 2.11 bits per heavy atom. The molecule has 1 aliphatic rings. The van der Waals surface area contributed by atoms with Crippen LogP contribution in [0, 0.1) is 5.92 Å². The fourth-order valence-corrected chi connectivity index (χ4v) is 2.91. The zero-order chi connectivity index (χ0) is 19.2. The highest BCUT2D eigenvalue weighted by molar-refractivity contribution is 6.07. The Kier molecular flexibility index (Phi) is 5.65. The third kappa shape index (κ3) is 4.60. The molecule has 8 nitrogen and oxygen atoms in total. The van der Waals surface area contributed by atoms with Gasteiger partial charge in [0.25, 0.3) is 0 Å². The van der Waals surface area contributed by atoms with Crippen molar-refractivity contribution in [3.63, 3.8) is 0 Å². The smallest absolute Gasteiger partial charge is 0.417 e. The van der Waals surface area contributed by atoms with E-state index in [9.17, 15) is 14.7 Å². The van der Waals surface area contributed by atoms with Crippen molar-refractivity contribution in [3.8, 4) is 11.5 Å². The van der Waals surface area contributed by atoms with Crippen molar-refractivity contribution in [1.29, 1.82) is 0 Å². The number of aromatic nitrogens is 1. The largest absolute Gasteiger partial charge is 0.506 e. The van der Waals surface area contributed by atoms with Crippen LogP contribution in [0.1, 0.15) is 31.7 Å². The summed E-state index contributed by atoms with van der Waals surface area (Å²) in [6.07, 6.45) is 4.37. The molecule has 3 N–H and O–H groups in total. The van der Waals surface area contributed by atoms with Crippen LogP contribution in [-0.4, -0.2) is 27.8 Å². The molecular formula is C19H20N4O4. The van der Waals surface area contributed by atoms with Crippen LogP contribution in [0.3, 0.4) is 0 Å². The van der Waals surface area contributed by atoms with Gasteiger partial charge >= 0.3 is 6.09 Å². The highest BCUT2D eigenvalue weighted by Gasteiger charge is 2.25. The monoisotopic (exact) mass is 368 g/mol. The second-order valence-electron chi connectivity index (χ2n) is 6.15. The number of hydrazone groups is 1. The molecule has 1 unspecified atom stereocenters. The number of aromatic hydroxyl groups is 1. The summed E-state index contributed by atoms with van der Waals surface area (Å²) in [5.74, 6) is 0.110. The Balaban J connectivity index is 1.79. The standard InChI is InChI=1S/C19H20N4O4/c1-2-3-12-11-17(25)22-23-18(12)13-4-5-16(24)15(10-13)21-19(26)27-14-6-8-20-9-7-14/h4-10,12,24H,2-3,11H2,1H3,(H,21,26)(H,22,25). The van der Waals surface area contributed by atoms with Gasteiger partial charge in [-0.1, -0.05) is 13.3 Å². The van der Waals surface area contributed by atoms with E-state index < -0.39 is 6.09 Å². The summed E-state index contributed by atoms with van der Waals surface area (Å²) in [6.45, 7) is 2.04. The number of hydrogen-bond acceptors (Lipinski definition) is 6. The molecule has 1 aromatic heterocycles. The summed E-state index contributed by atoms with van der Waals surface area (Å²) in [7, 11) is 0. The molecule has 2 heterocycles. The molecule has 1 atom stereocenters. The molecule has 8 heteroatoms. The number of carbonyl (C=O) groups excluding carboxylic acids is 2. The van der Waals surface area contributed by atoms with E-state index in [1.807, 2.05) is 6.92 Å². The predicted octanol–water partition coefficient (Wildman–Crippen LogP) is 3.04. The third-order valence-corrected chi connectivity index (χ3v) is 4.15. The number of benzene rings is 1. The predicted molar refractivity (Wildman–Crippen MR) is 99.7 cm³/mol. The number of phenolic OH excluding ortho intramolecular Hbond substituents is 1. The molecule has 1 aromatic carbocycles. The molecular weight excluding hydrogens is 348 g/mol. The number of carbonyl (C=O) groups is 2. The number of phenols is 1. The van der Waals surface area contributed by atoms with E-state index in [0.717, 1.165) is 18.6 Å². The highest BCUT2D eigenvalue weighted by Crippen LogP contribution is 2.28. The summed E-state index contributed by atoms with van der Waals surface area (Å²) in [5.41, 5.74) is 4.13. The van der Waals surface area contributed by atoms with Gasteiger partial charge in [-0.3, -0.25) is 15.1 Å². The van der Waals surface area contributed by atoms with Crippen LogP contribution < -0.4 is 15.5 Å². The van der Waals surface area contributed by atoms with Crippen LogP contribution in [0.25, 0.3) is 0 Å². The van der Waals surface area contributed by atoms with Crippen molar-refractivity contribution in [1.82, 2.24) is 10.4 Å². The molecule has 3 rings (SSSR count). The number of nitrogens with one attached hydrogen (secondary N) is 2. The Morgan fingerprint density at radius 1 is 1.33 bits per heavy atom. The maximum Gasteiger partial charge on any atom is 0.417 e. The molecule has 2 amide bonds. The average Bonchev–Trinajstić information content (AvgIpc) is 2.65. The van der Waals surface area contributed by atoms with Gasteiger partial charge in [-0.15, -0.1) is 0 Å². The minimum Gasteiger partial charge on any atom is -0.506 e. The minimum atomic E-state index is -0.738. The van der Waals surface area contributed by atoms with Crippen LogP contribution in [0.15, 0.2) is 47.8 Å². The van der Waals surface area contributed by atoms with E-state index in [-0.39, 0.29) is 23.3 Å². The van der Waals surface area contributed by atoms with Gasteiger partial charge in [-0.2, -0.15) is 5.10 Å². The van der Waals surface area contributed by atoms with Crippen molar-refractivity contribution in [2.24, 2.45) is 11.0 Å². The first-order chi connectivity index (χ1) is 13.1. The summed E-state index contributed by atoms with van der Waals surface area (Å²) in [5, 5.41) is 16.8. The summed E-state index contributed by atoms with van der Waals surface area (Å²) in [6, 6.07) is 7.88. The Morgan fingerprint density at radius 3 is 2.85 bits per heavy atom. The first-order valence-corrected chi connectivity index (χ1v) is 8.65. The number of ether oxygens (including phenoxy) is 1. The SMILES string of the molecule is CCCC1CC(=O)NN=C1c1ccc(O)c(NC(=O)Oc2ccncc2)c1. The van der Waals surface area contributed by atoms with Gasteiger partial charge < -0.3 is 9.84 Å². The topological polar surface area (TPSA) is 113 Å². The molecule has 0 saturated carbocycles. The van der Waals surface area contributed by atoms with Gasteiger partial charge in [0.15, 0.2) is 0 Å². The van der Waals surface area contributed by atoms with E-state index in [0.29, 0.717) is 17.7 Å². The fourth-order valence-electron chi connectivity index (χ4n) is 2.91. The number of pyridine rings is 1. The normalized spacial score (nSPS) is 16.3. The van der Waals surface area contributed by atoms with Crippen LogP contribution >= 0.6 is 0 Å². The van der Waals surface area contributed by atoms with E-state index in [2.05, 4.69) is 20.8 Å². The molecule has 0 bridgehead atoms. The molecule has 27 heavy (non-hydrogen) atoms. The lowest BCUT2D eigenvalue weighted by molar-refractivity contribution is -0.122. The lowest BCUT2D eigenvalue weighted by atomic mass is 9.88. The molecule has 0 fully saturated rings. The molecule has 0 radical (unpaired) electrons. The Bertz CT molecular complexity index is 867. The van der Waals surface area contributed by atoms with Gasteiger partial charge in [-0.25, -0.2) is 10.2 Å². The van der Waals surface area contributed by atoms with Gasteiger partial charge in [0.1, 0.15) is 11.5 Å². The molecule has 1 aliphatic heterocycles. The summed E-state index contributed by atoms with van der Waals surface area (Å²) in [4.78, 5) is 27.6. The lowest BCUT2D eigenvalue weighted by Gasteiger charge is -2.23. The lowest BCUT2D eigenvalue weighted by Crippen LogP contribution is -2.33.